The van der Waals surface area contributed by atoms with Gasteiger partial charge in [0.25, 0.3) is 0 Å². The van der Waals surface area contributed by atoms with Gasteiger partial charge in [0.2, 0.25) is 0 Å². The van der Waals surface area contributed by atoms with E-state index < -0.39 is 0 Å². The maximum absolute atomic E-state index is 4.04. The molecule has 106 valence electrons. The van der Waals surface area contributed by atoms with Gasteiger partial charge < -0.3 is 5.32 Å². The van der Waals surface area contributed by atoms with Crippen molar-refractivity contribution in [3.05, 3.63) is 0 Å². The molecule has 1 N–H and O–H groups in total. The Morgan fingerprint density at radius 3 is 2.28 bits per heavy atom. The van der Waals surface area contributed by atoms with Gasteiger partial charge in [0.1, 0.15) is 0 Å². The van der Waals surface area contributed by atoms with Crippen LogP contribution in [0.1, 0.15) is 79.6 Å². The lowest BCUT2D eigenvalue weighted by Crippen LogP contribution is -2.52. The van der Waals surface area contributed by atoms with Crippen LogP contribution in [-0.2, 0) is 0 Å². The highest BCUT2D eigenvalue weighted by Gasteiger charge is 2.37. The second-order valence-electron chi connectivity index (χ2n) is 8.44. The first-order valence-electron chi connectivity index (χ1n) is 8.06. The Kier molecular flexibility index (Phi) is 4.11. The van der Waals surface area contributed by atoms with Crippen LogP contribution in [-0.4, -0.2) is 12.1 Å². The molecule has 0 aromatic rings. The molecule has 2 rings (SSSR count). The molecule has 1 heteroatoms. The quantitative estimate of drug-likeness (QED) is 0.746. The lowest BCUT2D eigenvalue weighted by Gasteiger charge is -2.46. The molecule has 0 aliphatic heterocycles. The molecule has 0 saturated heterocycles. The van der Waals surface area contributed by atoms with E-state index >= 15 is 0 Å². The van der Waals surface area contributed by atoms with Crippen LogP contribution in [0.3, 0.4) is 0 Å². The summed E-state index contributed by atoms with van der Waals surface area (Å²) in [5.41, 5.74) is 1.07. The molecule has 0 amide bonds. The van der Waals surface area contributed by atoms with E-state index in [9.17, 15) is 0 Å². The lowest BCUT2D eigenvalue weighted by molar-refractivity contribution is 0.0978. The van der Waals surface area contributed by atoms with E-state index in [2.05, 4.69) is 39.9 Å². The summed E-state index contributed by atoms with van der Waals surface area (Å²) in [7, 11) is 0. The fourth-order valence-corrected chi connectivity index (χ4v) is 4.26. The van der Waals surface area contributed by atoms with E-state index in [0.717, 1.165) is 18.0 Å². The zero-order valence-corrected chi connectivity index (χ0v) is 13.2. The summed E-state index contributed by atoms with van der Waals surface area (Å²) in [6, 6.07) is 1.51. The van der Waals surface area contributed by atoms with Gasteiger partial charge in [-0.25, -0.2) is 0 Å². The molecule has 2 aliphatic carbocycles. The predicted molar refractivity (Wildman–Crippen MR) is 79.8 cm³/mol. The summed E-state index contributed by atoms with van der Waals surface area (Å²) in [5, 5.41) is 4.04. The minimum atomic E-state index is 0.505. The molecular formula is C17H33N. The Bertz CT molecular complexity index is 279. The first-order valence-corrected chi connectivity index (χ1v) is 8.06. The van der Waals surface area contributed by atoms with E-state index in [4.69, 9.17) is 0 Å². The Morgan fingerprint density at radius 2 is 1.67 bits per heavy atom. The normalized spacial score (nSPS) is 39.5. The highest BCUT2D eigenvalue weighted by Crippen LogP contribution is 2.41. The van der Waals surface area contributed by atoms with E-state index in [0.29, 0.717) is 10.8 Å². The zero-order chi connectivity index (χ0) is 13.4. The second kappa shape index (κ2) is 5.15. The summed E-state index contributed by atoms with van der Waals surface area (Å²) in [6.45, 7) is 12.2. The molecule has 18 heavy (non-hydrogen) atoms. The van der Waals surface area contributed by atoms with Gasteiger partial charge in [-0.1, -0.05) is 47.5 Å². The maximum atomic E-state index is 4.04. The topological polar surface area (TPSA) is 12.0 Å². The summed E-state index contributed by atoms with van der Waals surface area (Å²) in [4.78, 5) is 0. The van der Waals surface area contributed by atoms with Crippen molar-refractivity contribution in [3.8, 4) is 0 Å². The highest BCUT2D eigenvalue weighted by atomic mass is 15.0. The van der Waals surface area contributed by atoms with Crippen LogP contribution < -0.4 is 5.32 Å². The molecule has 2 aliphatic rings. The number of rotatable bonds is 2. The van der Waals surface area contributed by atoms with Gasteiger partial charge in [-0.3, -0.25) is 0 Å². The molecule has 2 saturated carbocycles. The van der Waals surface area contributed by atoms with E-state index in [-0.39, 0.29) is 0 Å². The van der Waals surface area contributed by atoms with Crippen molar-refractivity contribution in [1.82, 2.24) is 5.32 Å². The number of nitrogens with one attached hydrogen (secondary N) is 1. The third kappa shape index (κ3) is 3.29. The second-order valence-corrected chi connectivity index (χ2v) is 8.44. The van der Waals surface area contributed by atoms with Crippen LogP contribution in [0.5, 0.6) is 0 Å². The van der Waals surface area contributed by atoms with Crippen molar-refractivity contribution in [3.63, 3.8) is 0 Å². The van der Waals surface area contributed by atoms with Crippen molar-refractivity contribution in [1.29, 1.82) is 0 Å². The molecule has 2 fully saturated rings. The third-order valence-corrected chi connectivity index (χ3v) is 5.62. The van der Waals surface area contributed by atoms with Gasteiger partial charge in [-0.15, -0.1) is 0 Å². The van der Waals surface area contributed by atoms with Gasteiger partial charge in [0, 0.05) is 12.1 Å². The van der Waals surface area contributed by atoms with Gasteiger partial charge >= 0.3 is 0 Å². The summed E-state index contributed by atoms with van der Waals surface area (Å²) < 4.78 is 0. The van der Waals surface area contributed by atoms with Crippen LogP contribution in [0.2, 0.25) is 0 Å². The molecule has 0 spiro atoms. The predicted octanol–water partition coefficient (Wildman–Crippen LogP) is 4.76. The van der Waals surface area contributed by atoms with Crippen molar-refractivity contribution in [2.24, 2.45) is 16.7 Å². The van der Waals surface area contributed by atoms with Crippen molar-refractivity contribution < 1.29 is 0 Å². The molecule has 1 nitrogen and oxygen atoms in total. The monoisotopic (exact) mass is 251 g/mol. The summed E-state index contributed by atoms with van der Waals surface area (Å²) in [6.07, 6.45) is 9.80. The molecular weight excluding hydrogens is 218 g/mol. The van der Waals surface area contributed by atoms with Crippen LogP contribution in [0.4, 0.5) is 0 Å². The Morgan fingerprint density at radius 1 is 0.944 bits per heavy atom. The minimum Gasteiger partial charge on any atom is -0.310 e. The first kappa shape index (κ1) is 14.4. The van der Waals surface area contributed by atoms with Crippen LogP contribution >= 0.6 is 0 Å². The van der Waals surface area contributed by atoms with E-state index in [1.165, 1.54) is 44.9 Å². The average Bonchev–Trinajstić information content (AvgIpc) is 2.23. The molecule has 0 heterocycles. The van der Waals surface area contributed by atoms with E-state index in [1.54, 1.807) is 0 Å². The Balaban J connectivity index is 1.93. The van der Waals surface area contributed by atoms with E-state index in [1.807, 2.05) is 0 Å². The first-order chi connectivity index (χ1) is 8.30. The Hall–Kier alpha value is -0.0400. The van der Waals surface area contributed by atoms with Gasteiger partial charge in [0.15, 0.2) is 0 Å². The van der Waals surface area contributed by atoms with Crippen molar-refractivity contribution in [2.75, 3.05) is 0 Å². The van der Waals surface area contributed by atoms with Crippen LogP contribution in [0.15, 0.2) is 0 Å². The zero-order valence-electron chi connectivity index (χ0n) is 13.2. The van der Waals surface area contributed by atoms with Crippen LogP contribution in [0, 0.1) is 16.7 Å². The minimum absolute atomic E-state index is 0.505. The molecule has 0 aromatic carbocycles. The Labute approximate surface area is 114 Å². The number of hydrogen-bond donors (Lipinski definition) is 1. The fourth-order valence-electron chi connectivity index (χ4n) is 4.26. The largest absolute Gasteiger partial charge is 0.310 e. The van der Waals surface area contributed by atoms with Gasteiger partial charge in [0.05, 0.1) is 0 Å². The van der Waals surface area contributed by atoms with Gasteiger partial charge in [-0.2, -0.15) is 0 Å². The summed E-state index contributed by atoms with van der Waals surface area (Å²) >= 11 is 0. The smallest absolute Gasteiger partial charge is 0.0121 e. The van der Waals surface area contributed by atoms with Crippen molar-refractivity contribution in [2.45, 2.75) is 91.6 Å². The highest BCUT2D eigenvalue weighted by molar-refractivity contribution is 4.94. The number of hydrogen-bond acceptors (Lipinski definition) is 1. The van der Waals surface area contributed by atoms with Crippen molar-refractivity contribution >= 4 is 0 Å². The maximum Gasteiger partial charge on any atom is 0.0121 e. The molecule has 0 aromatic heterocycles. The third-order valence-electron chi connectivity index (χ3n) is 5.62. The molecule has 3 unspecified atom stereocenters. The molecule has 0 bridgehead atoms. The van der Waals surface area contributed by atoms with Crippen LogP contribution in [0.25, 0.3) is 0 Å². The average molecular weight is 251 g/mol. The summed E-state index contributed by atoms with van der Waals surface area (Å²) in [5.74, 6) is 0.839. The molecule has 0 radical (unpaired) electrons. The molecule has 3 atom stereocenters. The SMILES string of the molecule is CC1CC(C)(C)CCC1NC1CCCCC1(C)C. The lowest BCUT2D eigenvalue weighted by atomic mass is 9.68. The fraction of sp³-hybridized carbons (Fsp3) is 1.00. The van der Waals surface area contributed by atoms with Gasteiger partial charge in [-0.05, 0) is 48.9 Å². The standard InChI is InChI=1S/C17H33N/c1-13-12-16(2,3)11-9-14(13)18-15-8-6-7-10-17(15,4)5/h13-15,18H,6-12H2,1-5H3.